The highest BCUT2D eigenvalue weighted by Crippen LogP contribution is 2.41. The molecule has 0 fully saturated rings. The van der Waals surface area contributed by atoms with E-state index in [0.717, 1.165) is 28.1 Å². The van der Waals surface area contributed by atoms with E-state index in [4.69, 9.17) is 0 Å². The van der Waals surface area contributed by atoms with Crippen molar-refractivity contribution < 1.29 is 9.59 Å². The minimum Gasteiger partial charge on any atom is -0.333 e. The van der Waals surface area contributed by atoms with Crippen molar-refractivity contribution in [2.24, 2.45) is 5.92 Å². The summed E-state index contributed by atoms with van der Waals surface area (Å²) in [6.45, 7) is 9.68. The van der Waals surface area contributed by atoms with Crippen LogP contribution in [0.3, 0.4) is 0 Å². The van der Waals surface area contributed by atoms with Crippen LogP contribution in [-0.4, -0.2) is 32.7 Å². The van der Waals surface area contributed by atoms with Gasteiger partial charge >= 0.3 is 6.03 Å². The monoisotopic (exact) mass is 406 g/mol. The number of carbonyl (C=O) groups is 2. The molecule has 2 heterocycles. The number of nitrogens with zero attached hydrogens (tertiary/aromatic N) is 2. The molecule has 0 radical (unpaired) electrons. The molecule has 0 aliphatic heterocycles. The van der Waals surface area contributed by atoms with Gasteiger partial charge in [-0.2, -0.15) is 0 Å². The lowest BCUT2D eigenvalue weighted by Crippen LogP contribution is -2.49. The van der Waals surface area contributed by atoms with E-state index in [9.17, 15) is 9.59 Å². The van der Waals surface area contributed by atoms with Gasteiger partial charge in [-0.25, -0.2) is 14.8 Å². The van der Waals surface area contributed by atoms with Gasteiger partial charge < -0.3 is 5.32 Å². The highest BCUT2D eigenvalue weighted by molar-refractivity contribution is 8.00. The van der Waals surface area contributed by atoms with Crippen molar-refractivity contribution in [3.8, 4) is 0 Å². The number of hydrogen-bond donors (Lipinski definition) is 2. The highest BCUT2D eigenvalue weighted by Gasteiger charge is 2.26. The van der Waals surface area contributed by atoms with Crippen molar-refractivity contribution in [3.63, 3.8) is 0 Å². The zero-order valence-corrected chi connectivity index (χ0v) is 18.0. The lowest BCUT2D eigenvalue weighted by Gasteiger charge is -2.21. The number of nitrogens with one attached hydrogen (secondary N) is 2. The van der Waals surface area contributed by atoms with Gasteiger partial charge in [0.05, 0.1) is 5.25 Å². The van der Waals surface area contributed by atoms with E-state index in [-0.39, 0.29) is 5.91 Å². The number of aromatic nitrogens is 2. The first-order valence-corrected chi connectivity index (χ1v) is 10.9. The Morgan fingerprint density at radius 3 is 2.78 bits per heavy atom. The lowest BCUT2D eigenvalue weighted by atomic mass is 9.89. The largest absolute Gasteiger partial charge is 0.333 e. The van der Waals surface area contributed by atoms with Crippen molar-refractivity contribution >= 4 is 45.3 Å². The number of thiophene rings is 1. The molecule has 0 unspecified atom stereocenters. The van der Waals surface area contributed by atoms with Crippen LogP contribution in [0.1, 0.15) is 51.5 Å². The van der Waals surface area contributed by atoms with Crippen molar-refractivity contribution in [3.05, 3.63) is 16.8 Å². The second kappa shape index (κ2) is 7.75. The molecule has 0 saturated heterocycles. The number of carbonyl (C=O) groups excluding carboxylic acids is 2. The minimum absolute atomic E-state index is 0.328. The molecule has 1 aliphatic carbocycles. The normalized spacial score (nSPS) is 18.0. The number of imide groups is 1. The van der Waals surface area contributed by atoms with Crippen LogP contribution in [0, 0.1) is 5.92 Å². The molecule has 2 aromatic rings. The summed E-state index contributed by atoms with van der Waals surface area (Å²) < 4.78 is 0. The Labute approximate surface area is 167 Å². The molecule has 0 saturated carbocycles. The van der Waals surface area contributed by atoms with E-state index in [1.54, 1.807) is 24.6 Å². The molecule has 0 bridgehead atoms. The van der Waals surface area contributed by atoms with E-state index in [1.165, 1.54) is 28.6 Å². The molecule has 27 heavy (non-hydrogen) atoms. The zero-order chi connectivity index (χ0) is 19.8. The first-order chi connectivity index (χ1) is 12.6. The summed E-state index contributed by atoms with van der Waals surface area (Å²) in [6.07, 6.45) is 4.85. The van der Waals surface area contributed by atoms with Crippen molar-refractivity contribution in [2.75, 3.05) is 0 Å². The molecule has 1 aliphatic rings. The van der Waals surface area contributed by atoms with Crippen LogP contribution in [-0.2, 0) is 17.6 Å². The summed E-state index contributed by atoms with van der Waals surface area (Å²) in [7, 11) is 0. The number of rotatable bonds is 3. The summed E-state index contributed by atoms with van der Waals surface area (Å²) in [4.78, 5) is 35.6. The van der Waals surface area contributed by atoms with Gasteiger partial charge in [0, 0.05) is 15.8 Å². The fraction of sp³-hybridized carbons (Fsp3) is 0.579. The van der Waals surface area contributed by atoms with Gasteiger partial charge in [0.1, 0.15) is 16.2 Å². The van der Waals surface area contributed by atoms with Crippen molar-refractivity contribution in [2.45, 2.75) is 69.7 Å². The maximum absolute atomic E-state index is 12.4. The van der Waals surface area contributed by atoms with Crippen molar-refractivity contribution in [1.82, 2.24) is 20.6 Å². The molecule has 3 amide bonds. The molecule has 8 heteroatoms. The van der Waals surface area contributed by atoms with Crippen LogP contribution in [0.5, 0.6) is 0 Å². The van der Waals surface area contributed by atoms with Crippen molar-refractivity contribution in [1.29, 1.82) is 0 Å². The van der Waals surface area contributed by atoms with Crippen LogP contribution >= 0.6 is 23.1 Å². The predicted octanol–water partition coefficient (Wildman–Crippen LogP) is 3.92. The Bertz CT molecular complexity index is 872. The van der Waals surface area contributed by atoms with Gasteiger partial charge in [-0.05, 0) is 58.4 Å². The standard InChI is InChI=1S/C19H26N4O2S2/c1-10-6-7-12-13(8-10)27-17-14(12)16(20-9-21-17)26-11(2)15(24)22-18(25)23-19(3,4)5/h9-11H,6-8H2,1-5H3,(H2,22,23,24,25)/t10-,11+/m1/s1. The smallest absolute Gasteiger partial charge is 0.321 e. The van der Waals surface area contributed by atoms with Crippen LogP contribution in [0.15, 0.2) is 11.4 Å². The topological polar surface area (TPSA) is 84.0 Å². The first-order valence-electron chi connectivity index (χ1n) is 9.19. The summed E-state index contributed by atoms with van der Waals surface area (Å²) in [6, 6.07) is -0.477. The maximum atomic E-state index is 12.4. The molecular formula is C19H26N4O2S2. The number of fused-ring (bicyclic) bond motifs is 3. The zero-order valence-electron chi connectivity index (χ0n) is 16.4. The number of aryl methyl sites for hydroxylation is 1. The Morgan fingerprint density at radius 1 is 1.33 bits per heavy atom. The third-order valence-electron chi connectivity index (χ3n) is 4.44. The Kier molecular flexibility index (Phi) is 5.76. The van der Waals surface area contributed by atoms with E-state index in [2.05, 4.69) is 27.5 Å². The minimum atomic E-state index is -0.477. The fourth-order valence-corrected chi connectivity index (χ4v) is 5.50. The number of urea groups is 1. The van der Waals surface area contributed by atoms with E-state index < -0.39 is 16.8 Å². The lowest BCUT2D eigenvalue weighted by molar-refractivity contribution is -0.119. The van der Waals surface area contributed by atoms with Gasteiger partial charge in [-0.3, -0.25) is 10.1 Å². The van der Waals surface area contributed by atoms with Crippen LogP contribution in [0.4, 0.5) is 4.79 Å². The van der Waals surface area contributed by atoms with Gasteiger partial charge in [-0.1, -0.05) is 18.7 Å². The summed E-state index contributed by atoms with van der Waals surface area (Å²) >= 11 is 3.12. The average molecular weight is 407 g/mol. The molecule has 3 rings (SSSR count). The maximum Gasteiger partial charge on any atom is 0.321 e. The van der Waals surface area contributed by atoms with Gasteiger partial charge in [0.25, 0.3) is 0 Å². The SMILES string of the molecule is C[C@@H]1CCc2c(sc3ncnc(S[C@@H](C)C(=O)NC(=O)NC(C)(C)C)c23)C1. The first kappa shape index (κ1) is 20.1. The molecule has 0 aromatic carbocycles. The molecule has 0 spiro atoms. The molecule has 2 atom stereocenters. The molecule has 2 N–H and O–H groups in total. The molecule has 146 valence electrons. The van der Waals surface area contributed by atoms with Gasteiger partial charge in [0.2, 0.25) is 5.91 Å². The van der Waals surface area contributed by atoms with Gasteiger partial charge in [0.15, 0.2) is 0 Å². The van der Waals surface area contributed by atoms with E-state index in [0.29, 0.717) is 5.92 Å². The third-order valence-corrected chi connectivity index (χ3v) is 6.70. The van der Waals surface area contributed by atoms with E-state index in [1.807, 2.05) is 20.8 Å². The van der Waals surface area contributed by atoms with Crippen LogP contribution < -0.4 is 10.6 Å². The van der Waals surface area contributed by atoms with Crippen LogP contribution in [0.25, 0.3) is 10.2 Å². The second-order valence-corrected chi connectivity index (χ2v) is 10.6. The summed E-state index contributed by atoms with van der Waals surface area (Å²) in [5, 5.41) is 6.63. The summed E-state index contributed by atoms with van der Waals surface area (Å²) in [5.41, 5.74) is 0.946. The predicted molar refractivity (Wildman–Crippen MR) is 110 cm³/mol. The number of thioether (sulfide) groups is 1. The Hall–Kier alpha value is -1.67. The Balaban J connectivity index is 1.76. The average Bonchev–Trinajstić information content (AvgIpc) is 2.91. The number of amides is 3. The number of hydrogen-bond acceptors (Lipinski definition) is 6. The fourth-order valence-electron chi connectivity index (χ4n) is 3.14. The summed E-state index contributed by atoms with van der Waals surface area (Å²) in [5.74, 6) is 0.367. The quantitative estimate of drug-likeness (QED) is 0.596. The molecule has 6 nitrogen and oxygen atoms in total. The second-order valence-electron chi connectivity index (χ2n) is 8.16. The Morgan fingerprint density at radius 2 is 2.07 bits per heavy atom. The van der Waals surface area contributed by atoms with E-state index >= 15 is 0 Å². The highest BCUT2D eigenvalue weighted by atomic mass is 32.2. The molecular weight excluding hydrogens is 380 g/mol. The van der Waals surface area contributed by atoms with Gasteiger partial charge in [-0.15, -0.1) is 11.3 Å². The molecule has 2 aromatic heterocycles. The third kappa shape index (κ3) is 4.79. The van der Waals surface area contributed by atoms with Crippen LogP contribution in [0.2, 0.25) is 0 Å².